The molecule has 1 saturated heterocycles. The molecule has 6 heteroatoms. The molecule has 2 aliphatic rings. The summed E-state index contributed by atoms with van der Waals surface area (Å²) in [7, 11) is 0. The number of carbonyl (C=O) groups is 2. The van der Waals surface area contributed by atoms with E-state index in [2.05, 4.69) is 17.1 Å². The number of nitrogens with zero attached hydrogens (tertiary/aromatic N) is 2. The van der Waals surface area contributed by atoms with E-state index in [-0.39, 0.29) is 17.2 Å². The number of likely N-dealkylation sites (tertiary alicyclic amines) is 1. The van der Waals surface area contributed by atoms with Gasteiger partial charge in [-0.1, -0.05) is 24.3 Å². The third kappa shape index (κ3) is 2.18. The number of rotatable bonds is 2. The van der Waals surface area contributed by atoms with Crippen LogP contribution in [0.15, 0.2) is 42.6 Å². The summed E-state index contributed by atoms with van der Waals surface area (Å²) in [6.45, 7) is 1.60. The van der Waals surface area contributed by atoms with Gasteiger partial charge < -0.3 is 15.4 Å². The van der Waals surface area contributed by atoms with E-state index in [1.165, 1.54) is 11.8 Å². The van der Waals surface area contributed by atoms with E-state index < -0.39 is 11.5 Å². The molecule has 0 aliphatic carbocycles. The number of hydrogen-bond donors (Lipinski definition) is 1. The standard InChI is InChI=1S/C18H17N3O3/c19-16(22)15-13(5-3-8-20-15)17(23)21-9-7-18(11-21)14-6-2-1-4-12(14)10-24-18/h1-6,8H,7,9-11H2,(H2,19,22). The summed E-state index contributed by atoms with van der Waals surface area (Å²) in [5.41, 5.74) is 7.47. The Morgan fingerprint density at radius 1 is 1.21 bits per heavy atom. The zero-order valence-corrected chi connectivity index (χ0v) is 13.1. The van der Waals surface area contributed by atoms with Gasteiger partial charge in [-0.2, -0.15) is 0 Å². The van der Waals surface area contributed by atoms with Crippen molar-refractivity contribution < 1.29 is 14.3 Å². The van der Waals surface area contributed by atoms with Crippen molar-refractivity contribution >= 4 is 11.8 Å². The maximum Gasteiger partial charge on any atom is 0.268 e. The van der Waals surface area contributed by atoms with Crippen molar-refractivity contribution in [3.63, 3.8) is 0 Å². The molecule has 1 unspecified atom stereocenters. The smallest absolute Gasteiger partial charge is 0.268 e. The Morgan fingerprint density at radius 3 is 2.88 bits per heavy atom. The Morgan fingerprint density at radius 2 is 2.04 bits per heavy atom. The first-order valence-electron chi connectivity index (χ1n) is 7.87. The molecule has 1 fully saturated rings. The predicted octanol–water partition coefficient (Wildman–Crippen LogP) is 1.45. The van der Waals surface area contributed by atoms with Gasteiger partial charge in [0.15, 0.2) is 0 Å². The summed E-state index contributed by atoms with van der Waals surface area (Å²) < 4.78 is 6.06. The SMILES string of the molecule is NC(=O)c1ncccc1C(=O)N1CCC2(C1)OCc1ccccc12. The van der Waals surface area contributed by atoms with Crippen LogP contribution in [0.1, 0.15) is 38.4 Å². The van der Waals surface area contributed by atoms with Crippen molar-refractivity contribution in [1.82, 2.24) is 9.88 Å². The molecular formula is C18H17N3O3. The second-order valence-corrected chi connectivity index (χ2v) is 6.18. The van der Waals surface area contributed by atoms with Crippen LogP contribution in [0.2, 0.25) is 0 Å². The molecule has 122 valence electrons. The summed E-state index contributed by atoms with van der Waals surface area (Å²) >= 11 is 0. The van der Waals surface area contributed by atoms with Gasteiger partial charge >= 0.3 is 0 Å². The quantitative estimate of drug-likeness (QED) is 0.906. The molecule has 2 aliphatic heterocycles. The Labute approximate surface area is 139 Å². The number of fused-ring (bicyclic) bond motifs is 2. The van der Waals surface area contributed by atoms with Crippen LogP contribution in [0, 0.1) is 0 Å². The van der Waals surface area contributed by atoms with Crippen LogP contribution < -0.4 is 5.73 Å². The van der Waals surface area contributed by atoms with Gasteiger partial charge in [0, 0.05) is 12.7 Å². The number of aromatic nitrogens is 1. The van der Waals surface area contributed by atoms with Crippen molar-refractivity contribution in [1.29, 1.82) is 0 Å². The molecule has 2 amide bonds. The maximum absolute atomic E-state index is 12.8. The minimum Gasteiger partial charge on any atom is -0.364 e. The largest absolute Gasteiger partial charge is 0.364 e. The van der Waals surface area contributed by atoms with E-state index in [9.17, 15) is 9.59 Å². The molecule has 1 spiro atoms. The lowest BCUT2D eigenvalue weighted by molar-refractivity contribution is -0.0283. The fourth-order valence-electron chi connectivity index (χ4n) is 3.62. The van der Waals surface area contributed by atoms with Crippen LogP contribution in [0.4, 0.5) is 0 Å². The monoisotopic (exact) mass is 323 g/mol. The van der Waals surface area contributed by atoms with E-state index in [1.54, 1.807) is 17.0 Å². The summed E-state index contributed by atoms with van der Waals surface area (Å²) in [5.74, 6) is -0.933. The first-order chi connectivity index (χ1) is 11.6. The highest BCUT2D eigenvalue weighted by molar-refractivity contribution is 6.05. The lowest BCUT2D eigenvalue weighted by Gasteiger charge is -2.25. The number of benzene rings is 1. The highest BCUT2D eigenvalue weighted by Gasteiger charge is 2.47. The van der Waals surface area contributed by atoms with E-state index in [4.69, 9.17) is 10.5 Å². The summed E-state index contributed by atoms with van der Waals surface area (Å²) in [6, 6.07) is 11.3. The molecule has 24 heavy (non-hydrogen) atoms. The van der Waals surface area contributed by atoms with Crippen molar-refractivity contribution in [3.05, 3.63) is 65.0 Å². The molecular weight excluding hydrogens is 306 g/mol. The predicted molar refractivity (Wildman–Crippen MR) is 86.2 cm³/mol. The minimum atomic E-state index is -0.699. The average molecular weight is 323 g/mol. The number of hydrogen-bond acceptors (Lipinski definition) is 4. The molecule has 2 N–H and O–H groups in total. The summed E-state index contributed by atoms with van der Waals surface area (Å²) in [6.07, 6.45) is 2.20. The van der Waals surface area contributed by atoms with Gasteiger partial charge in [0.05, 0.1) is 18.7 Å². The molecule has 0 radical (unpaired) electrons. The highest BCUT2D eigenvalue weighted by atomic mass is 16.5. The van der Waals surface area contributed by atoms with E-state index >= 15 is 0 Å². The number of amides is 2. The number of carbonyl (C=O) groups excluding carboxylic acids is 2. The van der Waals surface area contributed by atoms with Gasteiger partial charge in [-0.05, 0) is 29.7 Å². The van der Waals surface area contributed by atoms with Gasteiger partial charge in [-0.3, -0.25) is 14.6 Å². The molecule has 1 atom stereocenters. The highest BCUT2D eigenvalue weighted by Crippen LogP contribution is 2.43. The van der Waals surface area contributed by atoms with E-state index in [0.717, 1.165) is 12.0 Å². The van der Waals surface area contributed by atoms with Crippen LogP contribution in [-0.2, 0) is 16.9 Å². The number of nitrogens with two attached hydrogens (primary N) is 1. The fourth-order valence-corrected chi connectivity index (χ4v) is 3.62. The third-order valence-corrected chi connectivity index (χ3v) is 4.80. The third-order valence-electron chi connectivity index (χ3n) is 4.80. The minimum absolute atomic E-state index is 0.0104. The van der Waals surface area contributed by atoms with Gasteiger partial charge in [-0.15, -0.1) is 0 Å². The first kappa shape index (κ1) is 14.8. The van der Waals surface area contributed by atoms with Crippen LogP contribution in [0.25, 0.3) is 0 Å². The molecule has 6 nitrogen and oxygen atoms in total. The summed E-state index contributed by atoms with van der Waals surface area (Å²) in [4.78, 5) is 30.0. The lowest BCUT2D eigenvalue weighted by atomic mass is 9.92. The zero-order valence-electron chi connectivity index (χ0n) is 13.1. The van der Waals surface area contributed by atoms with Crippen LogP contribution in [0.5, 0.6) is 0 Å². The van der Waals surface area contributed by atoms with Gasteiger partial charge in [-0.25, -0.2) is 0 Å². The van der Waals surface area contributed by atoms with Crippen molar-refractivity contribution in [2.24, 2.45) is 5.73 Å². The Kier molecular flexibility index (Phi) is 3.35. The van der Waals surface area contributed by atoms with Crippen molar-refractivity contribution in [2.75, 3.05) is 13.1 Å². The Bertz CT molecular complexity index is 836. The topological polar surface area (TPSA) is 85.5 Å². The maximum atomic E-state index is 12.8. The molecule has 3 heterocycles. The fraction of sp³-hybridized carbons (Fsp3) is 0.278. The van der Waals surface area contributed by atoms with Crippen LogP contribution >= 0.6 is 0 Å². The molecule has 4 rings (SSSR count). The normalized spacial score (nSPS) is 21.9. The zero-order chi connectivity index (χ0) is 16.7. The Balaban J connectivity index is 1.63. The second-order valence-electron chi connectivity index (χ2n) is 6.18. The molecule has 1 aromatic heterocycles. The van der Waals surface area contributed by atoms with Crippen LogP contribution in [0.3, 0.4) is 0 Å². The molecule has 1 aromatic carbocycles. The van der Waals surface area contributed by atoms with E-state index in [0.29, 0.717) is 19.7 Å². The van der Waals surface area contributed by atoms with E-state index in [1.807, 2.05) is 12.1 Å². The van der Waals surface area contributed by atoms with Gasteiger partial charge in [0.1, 0.15) is 11.3 Å². The van der Waals surface area contributed by atoms with Crippen molar-refractivity contribution in [3.8, 4) is 0 Å². The summed E-state index contributed by atoms with van der Waals surface area (Å²) in [5, 5.41) is 0. The number of primary amides is 1. The Hall–Kier alpha value is -2.73. The second kappa shape index (κ2) is 5.42. The average Bonchev–Trinajstić information content (AvgIpc) is 3.20. The molecule has 0 saturated carbocycles. The van der Waals surface area contributed by atoms with Gasteiger partial charge in [0.25, 0.3) is 11.8 Å². The first-order valence-corrected chi connectivity index (χ1v) is 7.87. The molecule has 0 bridgehead atoms. The molecule has 2 aromatic rings. The van der Waals surface area contributed by atoms with Crippen LogP contribution in [-0.4, -0.2) is 34.8 Å². The number of pyridine rings is 1. The number of ether oxygens (including phenoxy) is 1. The van der Waals surface area contributed by atoms with Gasteiger partial charge in [0.2, 0.25) is 0 Å². The lowest BCUT2D eigenvalue weighted by Crippen LogP contribution is -2.35. The van der Waals surface area contributed by atoms with Crippen molar-refractivity contribution in [2.45, 2.75) is 18.6 Å².